The molecule has 0 aliphatic heterocycles. The first-order valence-corrected chi connectivity index (χ1v) is 7.52. The molecule has 114 valence electrons. The lowest BCUT2D eigenvalue weighted by molar-refractivity contribution is -0.115. The number of rotatable bonds is 3. The van der Waals surface area contributed by atoms with E-state index in [2.05, 4.69) is 25.4 Å². The number of nitrogens with zero attached hydrogens (tertiary/aromatic N) is 5. The number of anilines is 2. The molecule has 0 fully saturated rings. The molecule has 0 unspecified atom stereocenters. The molecule has 9 heteroatoms. The third-order valence-electron chi connectivity index (χ3n) is 3.40. The summed E-state index contributed by atoms with van der Waals surface area (Å²) in [6.45, 7) is 5.57. The smallest absolute Gasteiger partial charge is 0.254 e. The predicted molar refractivity (Wildman–Crippen MR) is 83.9 cm³/mol. The first kappa shape index (κ1) is 14.4. The molecule has 8 nitrogen and oxygen atoms in total. The van der Waals surface area contributed by atoms with Crippen LogP contribution in [0.1, 0.15) is 22.6 Å². The van der Waals surface area contributed by atoms with E-state index in [0.29, 0.717) is 5.78 Å². The summed E-state index contributed by atoms with van der Waals surface area (Å²) in [5.41, 5.74) is 10.5. The Morgan fingerprint density at radius 1 is 1.32 bits per heavy atom. The number of carbonyl (C=O) groups is 1. The quantitative estimate of drug-likeness (QED) is 0.752. The van der Waals surface area contributed by atoms with E-state index in [9.17, 15) is 4.79 Å². The van der Waals surface area contributed by atoms with Gasteiger partial charge in [-0.25, -0.2) is 9.97 Å². The van der Waals surface area contributed by atoms with Crippen molar-refractivity contribution in [1.82, 2.24) is 24.6 Å². The van der Waals surface area contributed by atoms with Crippen LogP contribution in [0.15, 0.2) is 5.51 Å². The molecule has 0 radical (unpaired) electrons. The molecule has 1 amide bonds. The van der Waals surface area contributed by atoms with Crippen LogP contribution in [-0.2, 0) is 11.2 Å². The van der Waals surface area contributed by atoms with E-state index < -0.39 is 0 Å². The number of amides is 1. The van der Waals surface area contributed by atoms with Gasteiger partial charge in [0.05, 0.1) is 17.6 Å². The van der Waals surface area contributed by atoms with E-state index in [1.54, 1.807) is 10.0 Å². The van der Waals surface area contributed by atoms with Crippen molar-refractivity contribution in [2.75, 3.05) is 11.1 Å². The fraction of sp³-hybridized carbons (Fsp3) is 0.308. The Hall–Kier alpha value is -2.55. The zero-order valence-corrected chi connectivity index (χ0v) is 13.2. The van der Waals surface area contributed by atoms with Gasteiger partial charge in [-0.3, -0.25) is 4.79 Å². The number of nitrogen functional groups attached to an aromatic ring is 1. The highest BCUT2D eigenvalue weighted by atomic mass is 32.1. The largest absolute Gasteiger partial charge is 0.366 e. The minimum absolute atomic E-state index is 0.118. The van der Waals surface area contributed by atoms with Crippen molar-refractivity contribution in [3.63, 3.8) is 0 Å². The first-order valence-electron chi connectivity index (χ1n) is 6.64. The van der Waals surface area contributed by atoms with Crippen LogP contribution >= 0.6 is 11.3 Å². The lowest BCUT2D eigenvalue weighted by Gasteiger charge is -2.10. The van der Waals surface area contributed by atoms with E-state index in [4.69, 9.17) is 5.73 Å². The normalized spacial score (nSPS) is 11.0. The molecule has 22 heavy (non-hydrogen) atoms. The van der Waals surface area contributed by atoms with Gasteiger partial charge in [-0.15, -0.1) is 16.4 Å². The predicted octanol–water partition coefficient (Wildman–Crippen LogP) is 1.27. The molecule has 0 spiro atoms. The number of aryl methyl sites for hydroxylation is 3. The summed E-state index contributed by atoms with van der Waals surface area (Å²) in [4.78, 5) is 24.7. The number of hydrogen-bond acceptors (Lipinski definition) is 7. The third-order valence-corrected chi connectivity index (χ3v) is 4.25. The Bertz CT molecular complexity index is 867. The van der Waals surface area contributed by atoms with Crippen LogP contribution in [0.25, 0.3) is 5.78 Å². The van der Waals surface area contributed by atoms with E-state index in [0.717, 1.165) is 27.6 Å². The monoisotopic (exact) mass is 317 g/mol. The summed E-state index contributed by atoms with van der Waals surface area (Å²) in [5.74, 6) is 0.486. The summed E-state index contributed by atoms with van der Waals surface area (Å²) >= 11 is 1.40. The average Bonchev–Trinajstić information content (AvgIpc) is 3.01. The molecule has 0 aliphatic carbocycles. The standard InChI is InChI=1S/C13H15N7OS/c1-6-9(4-10(21)17-11-7(2)15-5-22-11)8(3)20-13(16-6)18-12(14)19-20/h5H,4H2,1-3H3,(H2,14,19)(H,17,21). The van der Waals surface area contributed by atoms with Crippen molar-refractivity contribution in [1.29, 1.82) is 0 Å². The van der Waals surface area contributed by atoms with Crippen molar-refractivity contribution in [3.8, 4) is 0 Å². The van der Waals surface area contributed by atoms with Gasteiger partial charge in [0.25, 0.3) is 5.78 Å². The molecule has 0 saturated heterocycles. The Kier molecular flexibility index (Phi) is 3.49. The number of nitrogens with one attached hydrogen (secondary N) is 1. The minimum atomic E-state index is -0.118. The second-order valence-corrected chi connectivity index (χ2v) is 5.79. The minimum Gasteiger partial charge on any atom is -0.366 e. The number of nitrogens with two attached hydrogens (primary N) is 1. The molecule has 0 bridgehead atoms. The fourth-order valence-corrected chi connectivity index (χ4v) is 2.95. The summed E-state index contributed by atoms with van der Waals surface area (Å²) in [6.07, 6.45) is 0.206. The van der Waals surface area contributed by atoms with Gasteiger partial charge in [0.15, 0.2) is 0 Å². The first-order chi connectivity index (χ1) is 10.5. The summed E-state index contributed by atoms with van der Waals surface area (Å²) in [5, 5.41) is 7.72. The molecule has 0 saturated carbocycles. The lowest BCUT2D eigenvalue weighted by Crippen LogP contribution is -2.17. The topological polar surface area (TPSA) is 111 Å². The number of carbonyl (C=O) groups excluding carboxylic acids is 1. The Balaban J connectivity index is 1.90. The molecule has 3 aromatic heterocycles. The van der Waals surface area contributed by atoms with Gasteiger partial charge in [-0.05, 0) is 20.8 Å². The molecule has 3 heterocycles. The van der Waals surface area contributed by atoms with Gasteiger partial charge in [0.2, 0.25) is 11.9 Å². The van der Waals surface area contributed by atoms with Crippen molar-refractivity contribution in [2.24, 2.45) is 0 Å². The SMILES string of the molecule is Cc1ncsc1NC(=O)Cc1c(C)nc2nc(N)nn2c1C. The van der Waals surface area contributed by atoms with E-state index in [1.807, 2.05) is 20.8 Å². The van der Waals surface area contributed by atoms with Crippen LogP contribution in [-0.4, -0.2) is 30.5 Å². The van der Waals surface area contributed by atoms with Crippen molar-refractivity contribution < 1.29 is 4.79 Å². The maximum Gasteiger partial charge on any atom is 0.254 e. The lowest BCUT2D eigenvalue weighted by atomic mass is 10.1. The number of fused-ring (bicyclic) bond motifs is 1. The second kappa shape index (κ2) is 5.34. The average molecular weight is 317 g/mol. The number of hydrogen-bond donors (Lipinski definition) is 2. The van der Waals surface area contributed by atoms with Crippen LogP contribution in [0.3, 0.4) is 0 Å². The summed E-state index contributed by atoms with van der Waals surface area (Å²) in [6, 6.07) is 0. The maximum absolute atomic E-state index is 12.2. The highest BCUT2D eigenvalue weighted by molar-refractivity contribution is 7.14. The van der Waals surface area contributed by atoms with E-state index >= 15 is 0 Å². The molecule has 0 aromatic carbocycles. The van der Waals surface area contributed by atoms with Gasteiger partial charge in [0, 0.05) is 17.0 Å². The number of aromatic nitrogens is 5. The van der Waals surface area contributed by atoms with Crippen molar-refractivity contribution in [2.45, 2.75) is 27.2 Å². The highest BCUT2D eigenvalue weighted by Crippen LogP contribution is 2.20. The van der Waals surface area contributed by atoms with Crippen LogP contribution < -0.4 is 11.1 Å². The molecule has 3 aromatic rings. The molecular formula is C13H15N7OS. The van der Waals surface area contributed by atoms with Gasteiger partial charge in [-0.1, -0.05) is 0 Å². The van der Waals surface area contributed by atoms with Gasteiger partial charge >= 0.3 is 0 Å². The highest BCUT2D eigenvalue weighted by Gasteiger charge is 2.16. The molecular weight excluding hydrogens is 302 g/mol. The van der Waals surface area contributed by atoms with Crippen LogP contribution in [0.5, 0.6) is 0 Å². The summed E-state index contributed by atoms with van der Waals surface area (Å²) < 4.78 is 1.56. The Labute approximate surface area is 130 Å². The van der Waals surface area contributed by atoms with Gasteiger partial charge in [-0.2, -0.15) is 9.50 Å². The molecule has 3 N–H and O–H groups in total. The zero-order valence-electron chi connectivity index (χ0n) is 12.4. The van der Waals surface area contributed by atoms with E-state index in [1.165, 1.54) is 11.3 Å². The van der Waals surface area contributed by atoms with Crippen LogP contribution in [0.4, 0.5) is 10.9 Å². The van der Waals surface area contributed by atoms with Gasteiger partial charge in [0.1, 0.15) is 5.00 Å². The van der Waals surface area contributed by atoms with Crippen molar-refractivity contribution in [3.05, 3.63) is 28.2 Å². The third kappa shape index (κ3) is 2.50. The summed E-state index contributed by atoms with van der Waals surface area (Å²) in [7, 11) is 0. The maximum atomic E-state index is 12.2. The Morgan fingerprint density at radius 3 is 2.77 bits per heavy atom. The molecule has 0 aliphatic rings. The fourth-order valence-electron chi connectivity index (χ4n) is 2.23. The number of thiazole rings is 1. The Morgan fingerprint density at radius 2 is 2.09 bits per heavy atom. The van der Waals surface area contributed by atoms with Crippen LogP contribution in [0, 0.1) is 20.8 Å². The molecule has 0 atom stereocenters. The molecule has 3 rings (SSSR count). The van der Waals surface area contributed by atoms with Gasteiger partial charge < -0.3 is 11.1 Å². The van der Waals surface area contributed by atoms with E-state index in [-0.39, 0.29) is 18.3 Å². The zero-order chi connectivity index (χ0) is 15.9. The second-order valence-electron chi connectivity index (χ2n) is 4.93. The van der Waals surface area contributed by atoms with Crippen molar-refractivity contribution >= 4 is 34.0 Å². The van der Waals surface area contributed by atoms with Crippen LogP contribution in [0.2, 0.25) is 0 Å².